The molecule has 1 aromatic rings. The standard InChI is InChI=1S/C14H22N2O4S/c1-3-13(17)11-6-5-7-12(10-11)21(19,20)16-9-8-14(18)15-4-2/h5-7,10,13,16-17H,3-4,8-9H2,1-2H3,(H,15,18). The van der Waals surface area contributed by atoms with Crippen LogP contribution >= 0.6 is 0 Å². The molecule has 3 N–H and O–H groups in total. The van der Waals surface area contributed by atoms with Crippen LogP contribution in [0.15, 0.2) is 29.2 Å². The summed E-state index contributed by atoms with van der Waals surface area (Å²) in [6, 6.07) is 6.18. The SMILES string of the molecule is CCNC(=O)CCNS(=O)(=O)c1cccc(C(O)CC)c1. The Bertz CT molecular complexity index is 572. The molecule has 6 nitrogen and oxygen atoms in total. The lowest BCUT2D eigenvalue weighted by atomic mass is 10.1. The first-order valence-electron chi connectivity index (χ1n) is 6.95. The van der Waals surface area contributed by atoms with E-state index in [0.717, 1.165) is 0 Å². The normalized spacial score (nSPS) is 12.9. The molecule has 0 aliphatic carbocycles. The minimum Gasteiger partial charge on any atom is -0.388 e. The summed E-state index contributed by atoms with van der Waals surface area (Å²) in [7, 11) is -3.68. The zero-order valence-electron chi connectivity index (χ0n) is 12.3. The van der Waals surface area contributed by atoms with Gasteiger partial charge in [0, 0.05) is 19.5 Å². The summed E-state index contributed by atoms with van der Waals surface area (Å²) in [6.45, 7) is 4.17. The Morgan fingerprint density at radius 1 is 1.33 bits per heavy atom. The van der Waals surface area contributed by atoms with Crippen LogP contribution in [0.5, 0.6) is 0 Å². The summed E-state index contributed by atoms with van der Waals surface area (Å²) in [4.78, 5) is 11.4. The van der Waals surface area contributed by atoms with Crippen LogP contribution in [0.2, 0.25) is 0 Å². The number of hydrogen-bond acceptors (Lipinski definition) is 4. The summed E-state index contributed by atoms with van der Waals surface area (Å²) < 4.78 is 26.6. The molecular weight excluding hydrogens is 292 g/mol. The quantitative estimate of drug-likeness (QED) is 0.665. The summed E-state index contributed by atoms with van der Waals surface area (Å²) in [5.41, 5.74) is 0.559. The van der Waals surface area contributed by atoms with Crippen LogP contribution in [0.1, 0.15) is 38.4 Å². The molecule has 7 heteroatoms. The molecule has 0 aromatic heterocycles. The molecule has 21 heavy (non-hydrogen) atoms. The highest BCUT2D eigenvalue weighted by atomic mass is 32.2. The zero-order valence-corrected chi connectivity index (χ0v) is 13.1. The van der Waals surface area contributed by atoms with Gasteiger partial charge < -0.3 is 10.4 Å². The Kier molecular flexibility index (Phi) is 6.80. The van der Waals surface area contributed by atoms with Crippen molar-refractivity contribution in [1.29, 1.82) is 0 Å². The van der Waals surface area contributed by atoms with E-state index in [1.807, 2.05) is 6.92 Å². The number of carbonyl (C=O) groups excluding carboxylic acids is 1. The second kappa shape index (κ2) is 8.11. The van der Waals surface area contributed by atoms with Crippen LogP contribution < -0.4 is 10.0 Å². The van der Waals surface area contributed by atoms with E-state index in [9.17, 15) is 18.3 Å². The maximum Gasteiger partial charge on any atom is 0.240 e. The fourth-order valence-electron chi connectivity index (χ4n) is 1.79. The number of aliphatic hydroxyl groups is 1. The van der Waals surface area contributed by atoms with Gasteiger partial charge in [-0.15, -0.1) is 0 Å². The third-order valence-corrected chi connectivity index (χ3v) is 4.42. The highest BCUT2D eigenvalue weighted by Gasteiger charge is 2.16. The predicted octanol–water partition coefficient (Wildman–Crippen LogP) is 0.934. The van der Waals surface area contributed by atoms with Crippen LogP contribution in [0, 0.1) is 0 Å². The molecule has 0 aliphatic rings. The van der Waals surface area contributed by atoms with Gasteiger partial charge in [-0.25, -0.2) is 13.1 Å². The third kappa shape index (κ3) is 5.45. The second-order valence-electron chi connectivity index (χ2n) is 4.60. The van der Waals surface area contributed by atoms with Gasteiger partial charge in [-0.3, -0.25) is 4.79 Å². The zero-order chi connectivity index (χ0) is 15.9. The van der Waals surface area contributed by atoms with Crippen molar-refractivity contribution >= 4 is 15.9 Å². The van der Waals surface area contributed by atoms with Crippen molar-refractivity contribution in [3.05, 3.63) is 29.8 Å². The van der Waals surface area contributed by atoms with Gasteiger partial charge in [0.2, 0.25) is 15.9 Å². The molecule has 0 saturated carbocycles. The molecule has 0 saturated heterocycles. The molecule has 0 radical (unpaired) electrons. The first-order chi connectivity index (χ1) is 9.90. The van der Waals surface area contributed by atoms with Crippen molar-refractivity contribution in [2.24, 2.45) is 0 Å². The van der Waals surface area contributed by atoms with E-state index in [2.05, 4.69) is 10.0 Å². The average Bonchev–Trinajstić information content (AvgIpc) is 2.46. The van der Waals surface area contributed by atoms with Crippen molar-refractivity contribution in [3.8, 4) is 0 Å². The number of hydrogen-bond donors (Lipinski definition) is 3. The Morgan fingerprint density at radius 2 is 2.05 bits per heavy atom. The molecule has 0 bridgehead atoms. The maximum absolute atomic E-state index is 12.1. The minimum absolute atomic E-state index is 0.0364. The summed E-state index contributed by atoms with van der Waals surface area (Å²) in [5.74, 6) is -0.199. The summed E-state index contributed by atoms with van der Waals surface area (Å²) in [6.07, 6.45) is -0.0890. The topological polar surface area (TPSA) is 95.5 Å². The summed E-state index contributed by atoms with van der Waals surface area (Å²) in [5, 5.41) is 12.4. The molecule has 1 atom stereocenters. The lowest BCUT2D eigenvalue weighted by Crippen LogP contribution is -2.30. The number of rotatable bonds is 8. The third-order valence-electron chi connectivity index (χ3n) is 2.96. The molecule has 0 fully saturated rings. The molecule has 0 aliphatic heterocycles. The van der Waals surface area contributed by atoms with Crippen molar-refractivity contribution < 1.29 is 18.3 Å². The van der Waals surface area contributed by atoms with Crippen LogP contribution in [-0.4, -0.2) is 32.5 Å². The van der Waals surface area contributed by atoms with E-state index in [1.165, 1.54) is 12.1 Å². The fraction of sp³-hybridized carbons (Fsp3) is 0.500. The number of carbonyl (C=O) groups is 1. The second-order valence-corrected chi connectivity index (χ2v) is 6.36. The van der Waals surface area contributed by atoms with Crippen molar-refractivity contribution in [3.63, 3.8) is 0 Å². The number of nitrogens with one attached hydrogen (secondary N) is 2. The molecule has 1 unspecified atom stereocenters. The van der Waals surface area contributed by atoms with Gasteiger partial charge >= 0.3 is 0 Å². The Labute approximate surface area is 125 Å². The molecular formula is C14H22N2O4S. The first kappa shape index (κ1) is 17.6. The molecule has 1 rings (SSSR count). The Hall–Kier alpha value is -1.44. The van der Waals surface area contributed by atoms with Gasteiger partial charge in [0.1, 0.15) is 0 Å². The van der Waals surface area contributed by atoms with Crippen molar-refractivity contribution in [2.45, 2.75) is 37.7 Å². The van der Waals surface area contributed by atoms with Crippen LogP contribution in [0.4, 0.5) is 0 Å². The number of benzene rings is 1. The molecule has 0 heterocycles. The van der Waals surface area contributed by atoms with E-state index in [1.54, 1.807) is 19.1 Å². The van der Waals surface area contributed by atoms with Gasteiger partial charge in [0.05, 0.1) is 11.0 Å². The lowest BCUT2D eigenvalue weighted by Gasteiger charge is -2.11. The largest absolute Gasteiger partial charge is 0.388 e. The van der Waals surface area contributed by atoms with Gasteiger partial charge in [0.15, 0.2) is 0 Å². The van der Waals surface area contributed by atoms with E-state index in [-0.39, 0.29) is 23.8 Å². The highest BCUT2D eigenvalue weighted by molar-refractivity contribution is 7.89. The predicted molar refractivity (Wildman–Crippen MR) is 80.2 cm³/mol. The van der Waals surface area contributed by atoms with Crippen LogP contribution in [0.3, 0.4) is 0 Å². The van der Waals surface area contributed by atoms with E-state index in [0.29, 0.717) is 18.5 Å². The number of aliphatic hydroxyl groups excluding tert-OH is 1. The fourth-order valence-corrected chi connectivity index (χ4v) is 2.88. The Balaban J connectivity index is 2.72. The van der Waals surface area contributed by atoms with Crippen LogP contribution in [-0.2, 0) is 14.8 Å². The lowest BCUT2D eigenvalue weighted by molar-refractivity contribution is -0.120. The van der Waals surface area contributed by atoms with Crippen LogP contribution in [0.25, 0.3) is 0 Å². The van der Waals surface area contributed by atoms with Gasteiger partial charge in [-0.05, 0) is 31.0 Å². The molecule has 118 valence electrons. The Morgan fingerprint density at radius 3 is 2.67 bits per heavy atom. The van der Waals surface area contributed by atoms with Gasteiger partial charge in [-0.1, -0.05) is 19.1 Å². The molecule has 0 spiro atoms. The first-order valence-corrected chi connectivity index (χ1v) is 8.43. The smallest absolute Gasteiger partial charge is 0.240 e. The van der Waals surface area contributed by atoms with E-state index in [4.69, 9.17) is 0 Å². The monoisotopic (exact) mass is 314 g/mol. The number of sulfonamides is 1. The molecule has 1 amide bonds. The van der Waals surface area contributed by atoms with E-state index < -0.39 is 16.1 Å². The summed E-state index contributed by atoms with van der Waals surface area (Å²) >= 11 is 0. The van der Waals surface area contributed by atoms with E-state index >= 15 is 0 Å². The maximum atomic E-state index is 12.1. The highest BCUT2D eigenvalue weighted by Crippen LogP contribution is 2.19. The van der Waals surface area contributed by atoms with Crippen molar-refractivity contribution in [1.82, 2.24) is 10.0 Å². The van der Waals surface area contributed by atoms with Gasteiger partial charge in [0.25, 0.3) is 0 Å². The number of amides is 1. The van der Waals surface area contributed by atoms with Gasteiger partial charge in [-0.2, -0.15) is 0 Å². The minimum atomic E-state index is -3.68. The van der Waals surface area contributed by atoms with Crippen molar-refractivity contribution in [2.75, 3.05) is 13.1 Å². The average molecular weight is 314 g/mol. The molecule has 1 aromatic carbocycles.